The van der Waals surface area contributed by atoms with Gasteiger partial charge in [-0.15, -0.1) is 0 Å². The van der Waals surface area contributed by atoms with Gasteiger partial charge in [-0.25, -0.2) is 4.79 Å². The molecule has 0 saturated heterocycles. The number of hydroxylamine groups is 2. The minimum atomic E-state index is -1.37. The molecular formula is C6H14N2O3. The van der Waals surface area contributed by atoms with Gasteiger partial charge < -0.3 is 10.8 Å². The molecule has 0 aromatic rings. The molecule has 0 aliphatic carbocycles. The van der Waals surface area contributed by atoms with Crippen LogP contribution >= 0.6 is 0 Å². The summed E-state index contributed by atoms with van der Waals surface area (Å²) < 4.78 is 0. The Balaban J connectivity index is 4.22. The number of nitrogens with zero attached hydrogens (tertiary/aromatic N) is 1. The molecule has 2 amide bonds. The van der Waals surface area contributed by atoms with Crippen LogP contribution in [0.2, 0.25) is 0 Å². The van der Waals surface area contributed by atoms with Crippen LogP contribution in [0.15, 0.2) is 0 Å². The molecule has 0 rings (SSSR count). The van der Waals surface area contributed by atoms with E-state index in [2.05, 4.69) is 0 Å². The molecular weight excluding hydrogens is 148 g/mol. The van der Waals surface area contributed by atoms with Crippen LogP contribution in [-0.4, -0.2) is 28.5 Å². The van der Waals surface area contributed by atoms with E-state index in [1.165, 1.54) is 13.8 Å². The summed E-state index contributed by atoms with van der Waals surface area (Å²) >= 11 is 0. The first kappa shape index (κ1) is 10.2. The SMILES string of the molecule is CCON(C(N)=O)C(C)(C)O. The second-order valence-corrected chi connectivity index (χ2v) is 2.54. The van der Waals surface area contributed by atoms with Crippen molar-refractivity contribution in [1.82, 2.24) is 5.06 Å². The van der Waals surface area contributed by atoms with Crippen molar-refractivity contribution in [2.75, 3.05) is 6.61 Å². The summed E-state index contributed by atoms with van der Waals surface area (Å²) in [5.74, 6) is 0. The van der Waals surface area contributed by atoms with Crippen molar-refractivity contribution in [3.8, 4) is 0 Å². The van der Waals surface area contributed by atoms with Crippen molar-refractivity contribution >= 4 is 6.03 Å². The fourth-order valence-corrected chi connectivity index (χ4v) is 0.620. The maximum Gasteiger partial charge on any atom is 0.341 e. The quantitative estimate of drug-likeness (QED) is 0.454. The highest BCUT2D eigenvalue weighted by Crippen LogP contribution is 2.09. The highest BCUT2D eigenvalue weighted by Gasteiger charge is 2.27. The highest BCUT2D eigenvalue weighted by molar-refractivity contribution is 5.71. The van der Waals surface area contributed by atoms with Gasteiger partial charge in [-0.3, -0.25) is 4.84 Å². The Kier molecular flexibility index (Phi) is 3.28. The first-order valence-corrected chi connectivity index (χ1v) is 3.34. The van der Waals surface area contributed by atoms with Gasteiger partial charge in [0.2, 0.25) is 0 Å². The van der Waals surface area contributed by atoms with Crippen LogP contribution in [0, 0.1) is 0 Å². The van der Waals surface area contributed by atoms with Crippen molar-refractivity contribution in [3.05, 3.63) is 0 Å². The first-order valence-electron chi connectivity index (χ1n) is 3.34. The van der Waals surface area contributed by atoms with E-state index in [0.717, 1.165) is 5.06 Å². The Morgan fingerprint density at radius 2 is 2.18 bits per heavy atom. The average Bonchev–Trinajstić information content (AvgIpc) is 1.79. The average molecular weight is 162 g/mol. The van der Waals surface area contributed by atoms with E-state index < -0.39 is 11.8 Å². The van der Waals surface area contributed by atoms with Crippen LogP contribution < -0.4 is 5.73 Å². The topological polar surface area (TPSA) is 75.8 Å². The van der Waals surface area contributed by atoms with Gasteiger partial charge in [-0.1, -0.05) is 0 Å². The van der Waals surface area contributed by atoms with Crippen LogP contribution in [-0.2, 0) is 4.84 Å². The summed E-state index contributed by atoms with van der Waals surface area (Å²) in [6, 6.07) is -0.806. The van der Waals surface area contributed by atoms with Crippen LogP contribution in [0.25, 0.3) is 0 Å². The lowest BCUT2D eigenvalue weighted by Crippen LogP contribution is -2.50. The molecule has 11 heavy (non-hydrogen) atoms. The largest absolute Gasteiger partial charge is 0.369 e. The van der Waals surface area contributed by atoms with Crippen LogP contribution in [0.3, 0.4) is 0 Å². The van der Waals surface area contributed by atoms with Gasteiger partial charge in [-0.05, 0) is 20.8 Å². The molecule has 0 heterocycles. The zero-order valence-corrected chi connectivity index (χ0v) is 7.00. The monoisotopic (exact) mass is 162 g/mol. The van der Waals surface area contributed by atoms with Crippen molar-refractivity contribution in [3.63, 3.8) is 0 Å². The minimum absolute atomic E-state index is 0.285. The zero-order valence-electron chi connectivity index (χ0n) is 7.00. The molecule has 0 saturated carbocycles. The van der Waals surface area contributed by atoms with Gasteiger partial charge in [0.15, 0.2) is 5.72 Å². The van der Waals surface area contributed by atoms with E-state index in [1.54, 1.807) is 6.92 Å². The van der Waals surface area contributed by atoms with E-state index in [4.69, 9.17) is 10.6 Å². The van der Waals surface area contributed by atoms with E-state index >= 15 is 0 Å². The second-order valence-electron chi connectivity index (χ2n) is 2.54. The van der Waals surface area contributed by atoms with Crippen molar-refractivity contribution < 1.29 is 14.7 Å². The molecule has 0 unspecified atom stereocenters. The van der Waals surface area contributed by atoms with Gasteiger partial charge in [0, 0.05) is 0 Å². The third-order valence-electron chi connectivity index (χ3n) is 0.955. The molecule has 5 nitrogen and oxygen atoms in total. The van der Waals surface area contributed by atoms with Gasteiger partial charge >= 0.3 is 6.03 Å². The van der Waals surface area contributed by atoms with E-state index in [-0.39, 0.29) is 6.61 Å². The standard InChI is InChI=1S/C6H14N2O3/c1-4-11-8(5(7)9)6(2,3)10/h10H,4H2,1-3H3,(H2,7,9). The molecule has 0 aliphatic rings. The molecule has 0 atom stereocenters. The number of amides is 2. The maximum absolute atomic E-state index is 10.6. The Hall–Kier alpha value is -0.810. The number of primary amides is 1. The highest BCUT2D eigenvalue weighted by atomic mass is 16.7. The van der Waals surface area contributed by atoms with Crippen molar-refractivity contribution in [2.24, 2.45) is 5.73 Å². The molecule has 3 N–H and O–H groups in total. The number of carbonyl (C=O) groups is 1. The van der Waals surface area contributed by atoms with Crippen LogP contribution in [0.1, 0.15) is 20.8 Å². The van der Waals surface area contributed by atoms with Gasteiger partial charge in [0.05, 0.1) is 6.61 Å². The molecule has 0 fully saturated rings. The van der Waals surface area contributed by atoms with Crippen LogP contribution in [0.4, 0.5) is 4.79 Å². The van der Waals surface area contributed by atoms with Gasteiger partial charge in [-0.2, -0.15) is 5.06 Å². The third-order valence-corrected chi connectivity index (χ3v) is 0.955. The Morgan fingerprint density at radius 1 is 1.73 bits per heavy atom. The van der Waals surface area contributed by atoms with Gasteiger partial charge in [0.1, 0.15) is 0 Å². The molecule has 0 aromatic heterocycles. The lowest BCUT2D eigenvalue weighted by molar-refractivity contribution is -0.237. The molecule has 0 spiro atoms. The predicted molar refractivity (Wildman–Crippen MR) is 39.3 cm³/mol. The molecule has 5 heteroatoms. The Morgan fingerprint density at radius 3 is 2.27 bits per heavy atom. The van der Waals surface area contributed by atoms with Crippen molar-refractivity contribution in [2.45, 2.75) is 26.5 Å². The summed E-state index contributed by atoms with van der Waals surface area (Å²) in [7, 11) is 0. The van der Waals surface area contributed by atoms with Crippen LogP contribution in [0.5, 0.6) is 0 Å². The van der Waals surface area contributed by atoms with E-state index in [0.29, 0.717) is 0 Å². The zero-order chi connectivity index (χ0) is 9.07. The maximum atomic E-state index is 10.6. The lowest BCUT2D eigenvalue weighted by Gasteiger charge is -2.30. The number of hydrogen-bond acceptors (Lipinski definition) is 3. The molecule has 0 bridgehead atoms. The molecule has 0 aromatic carbocycles. The Bertz CT molecular complexity index is 141. The molecule has 0 aliphatic heterocycles. The van der Waals surface area contributed by atoms with E-state index in [1.807, 2.05) is 0 Å². The predicted octanol–water partition coefficient (Wildman–Crippen LogP) is 0.0470. The summed E-state index contributed by atoms with van der Waals surface area (Å²) in [5.41, 5.74) is 3.54. The number of aliphatic hydroxyl groups is 1. The van der Waals surface area contributed by atoms with Gasteiger partial charge in [0.25, 0.3) is 0 Å². The summed E-state index contributed by atoms with van der Waals surface area (Å²) in [5, 5.41) is 10.0. The summed E-state index contributed by atoms with van der Waals surface area (Å²) in [4.78, 5) is 15.4. The van der Waals surface area contributed by atoms with Crippen molar-refractivity contribution in [1.29, 1.82) is 0 Å². The molecule has 66 valence electrons. The first-order chi connectivity index (χ1) is 4.89. The number of hydrogen-bond donors (Lipinski definition) is 2. The smallest absolute Gasteiger partial charge is 0.341 e. The fourth-order valence-electron chi connectivity index (χ4n) is 0.620. The van der Waals surface area contributed by atoms with E-state index in [9.17, 15) is 9.90 Å². The number of rotatable bonds is 3. The number of urea groups is 1. The minimum Gasteiger partial charge on any atom is -0.369 e. The lowest BCUT2D eigenvalue weighted by atomic mass is 10.3. The molecule has 0 radical (unpaired) electrons. The third kappa shape index (κ3) is 3.20. The number of nitrogens with two attached hydrogens (primary N) is 1. The second kappa shape index (κ2) is 3.54. The fraction of sp³-hybridized carbons (Fsp3) is 0.833. The summed E-state index contributed by atoms with van der Waals surface area (Å²) in [6.45, 7) is 4.80. The summed E-state index contributed by atoms with van der Waals surface area (Å²) in [6.07, 6.45) is 0. The Labute approximate surface area is 65.7 Å². The number of carbonyl (C=O) groups excluding carboxylic acids is 1. The normalized spacial score (nSPS) is 11.3.